The molecule has 2 N–H and O–H groups in total. The average Bonchev–Trinajstić information content (AvgIpc) is 2.68. The molecule has 0 spiro atoms. The van der Waals surface area contributed by atoms with Crippen molar-refractivity contribution in [2.24, 2.45) is 35.3 Å². The molecule has 2 fully saturated rings. The standard InChI is InChI=1S/C15H29N/c1-10-4-6-13(8-10)15(16)14-7-5-11(2)12(3)9-14/h10-15H,4-9,16H2,1-3H3. The van der Waals surface area contributed by atoms with Crippen LogP contribution in [0.25, 0.3) is 0 Å². The van der Waals surface area contributed by atoms with E-state index in [2.05, 4.69) is 20.8 Å². The van der Waals surface area contributed by atoms with Gasteiger partial charge in [-0.25, -0.2) is 0 Å². The summed E-state index contributed by atoms with van der Waals surface area (Å²) in [5.41, 5.74) is 6.52. The van der Waals surface area contributed by atoms with Gasteiger partial charge >= 0.3 is 0 Å². The second-order valence-corrected chi connectivity index (χ2v) is 6.78. The molecule has 0 amide bonds. The van der Waals surface area contributed by atoms with Crippen molar-refractivity contribution in [3.63, 3.8) is 0 Å². The number of hydrogen-bond acceptors (Lipinski definition) is 1. The largest absolute Gasteiger partial charge is 0.327 e. The highest BCUT2D eigenvalue weighted by molar-refractivity contribution is 4.89. The van der Waals surface area contributed by atoms with Crippen molar-refractivity contribution in [1.29, 1.82) is 0 Å². The van der Waals surface area contributed by atoms with Crippen LogP contribution in [-0.4, -0.2) is 6.04 Å². The Balaban J connectivity index is 1.87. The van der Waals surface area contributed by atoms with Crippen LogP contribution < -0.4 is 5.73 Å². The molecule has 0 saturated heterocycles. The van der Waals surface area contributed by atoms with Crippen LogP contribution in [0.5, 0.6) is 0 Å². The molecule has 6 unspecified atom stereocenters. The molecule has 0 aromatic carbocycles. The Kier molecular flexibility index (Phi) is 3.94. The van der Waals surface area contributed by atoms with Gasteiger partial charge in [-0.15, -0.1) is 0 Å². The Morgan fingerprint density at radius 1 is 0.812 bits per heavy atom. The van der Waals surface area contributed by atoms with Crippen molar-refractivity contribution in [3.8, 4) is 0 Å². The molecular formula is C15H29N. The molecule has 0 radical (unpaired) electrons. The maximum atomic E-state index is 6.52. The van der Waals surface area contributed by atoms with E-state index in [1.54, 1.807) is 0 Å². The van der Waals surface area contributed by atoms with E-state index in [1.807, 2.05) is 0 Å². The normalized spacial score (nSPS) is 46.9. The Morgan fingerprint density at radius 2 is 1.44 bits per heavy atom. The summed E-state index contributed by atoms with van der Waals surface area (Å²) in [7, 11) is 0. The average molecular weight is 223 g/mol. The fraction of sp³-hybridized carbons (Fsp3) is 1.00. The first-order chi connectivity index (χ1) is 7.58. The van der Waals surface area contributed by atoms with E-state index < -0.39 is 0 Å². The first-order valence-corrected chi connectivity index (χ1v) is 7.33. The summed E-state index contributed by atoms with van der Waals surface area (Å²) >= 11 is 0. The van der Waals surface area contributed by atoms with Crippen LogP contribution in [0.15, 0.2) is 0 Å². The van der Waals surface area contributed by atoms with Gasteiger partial charge in [0.15, 0.2) is 0 Å². The minimum Gasteiger partial charge on any atom is -0.327 e. The van der Waals surface area contributed by atoms with E-state index in [0.29, 0.717) is 6.04 Å². The highest BCUT2D eigenvalue weighted by Gasteiger charge is 2.34. The number of hydrogen-bond donors (Lipinski definition) is 1. The molecule has 2 rings (SSSR count). The second-order valence-electron chi connectivity index (χ2n) is 6.78. The zero-order valence-corrected chi connectivity index (χ0v) is 11.3. The van der Waals surface area contributed by atoms with Crippen molar-refractivity contribution >= 4 is 0 Å². The Hall–Kier alpha value is -0.0400. The van der Waals surface area contributed by atoms with Gasteiger partial charge in [0.2, 0.25) is 0 Å². The lowest BCUT2D eigenvalue weighted by atomic mass is 9.71. The van der Waals surface area contributed by atoms with Gasteiger partial charge < -0.3 is 5.73 Å². The maximum absolute atomic E-state index is 6.52. The molecule has 94 valence electrons. The van der Waals surface area contributed by atoms with Crippen LogP contribution in [-0.2, 0) is 0 Å². The molecule has 6 atom stereocenters. The van der Waals surface area contributed by atoms with Crippen LogP contribution in [0, 0.1) is 29.6 Å². The van der Waals surface area contributed by atoms with Gasteiger partial charge in [0.25, 0.3) is 0 Å². The molecule has 16 heavy (non-hydrogen) atoms. The fourth-order valence-electron chi connectivity index (χ4n) is 3.92. The molecule has 2 aliphatic rings. The van der Waals surface area contributed by atoms with Gasteiger partial charge in [0, 0.05) is 6.04 Å². The Bertz CT molecular complexity index is 225. The summed E-state index contributed by atoms with van der Waals surface area (Å²) in [6, 6.07) is 0.500. The van der Waals surface area contributed by atoms with Crippen LogP contribution >= 0.6 is 0 Å². The molecular weight excluding hydrogens is 194 g/mol. The summed E-state index contributed by atoms with van der Waals surface area (Å²) in [6.07, 6.45) is 8.37. The third kappa shape index (κ3) is 2.61. The molecule has 1 heteroatoms. The number of rotatable bonds is 2. The Morgan fingerprint density at radius 3 is 2.00 bits per heavy atom. The molecule has 2 aliphatic carbocycles. The van der Waals surface area contributed by atoms with Crippen LogP contribution in [0.2, 0.25) is 0 Å². The Labute approximate surface area is 101 Å². The quantitative estimate of drug-likeness (QED) is 0.756. The monoisotopic (exact) mass is 223 g/mol. The van der Waals surface area contributed by atoms with Gasteiger partial charge in [0.05, 0.1) is 0 Å². The van der Waals surface area contributed by atoms with Gasteiger partial charge in [0.1, 0.15) is 0 Å². The van der Waals surface area contributed by atoms with Crippen LogP contribution in [0.3, 0.4) is 0 Å². The highest BCUT2D eigenvalue weighted by atomic mass is 14.7. The lowest BCUT2D eigenvalue weighted by Gasteiger charge is -2.37. The van der Waals surface area contributed by atoms with Gasteiger partial charge in [-0.05, 0) is 55.3 Å². The van der Waals surface area contributed by atoms with E-state index in [0.717, 1.165) is 29.6 Å². The number of nitrogens with two attached hydrogens (primary N) is 1. The van der Waals surface area contributed by atoms with E-state index in [1.165, 1.54) is 38.5 Å². The zero-order chi connectivity index (χ0) is 11.7. The zero-order valence-electron chi connectivity index (χ0n) is 11.3. The molecule has 1 nitrogen and oxygen atoms in total. The summed E-state index contributed by atoms with van der Waals surface area (Å²) < 4.78 is 0. The van der Waals surface area contributed by atoms with E-state index in [9.17, 15) is 0 Å². The molecule has 0 aliphatic heterocycles. The van der Waals surface area contributed by atoms with Crippen molar-refractivity contribution in [2.75, 3.05) is 0 Å². The molecule has 2 saturated carbocycles. The summed E-state index contributed by atoms with van der Waals surface area (Å²) in [4.78, 5) is 0. The van der Waals surface area contributed by atoms with Crippen molar-refractivity contribution in [3.05, 3.63) is 0 Å². The first kappa shape index (κ1) is 12.4. The smallest absolute Gasteiger partial charge is 0.00958 e. The lowest BCUT2D eigenvalue weighted by Crippen LogP contribution is -2.40. The SMILES string of the molecule is CC1CCC(C(N)C2CCC(C)C(C)C2)C1. The fourth-order valence-corrected chi connectivity index (χ4v) is 3.92. The molecule has 0 aromatic heterocycles. The van der Waals surface area contributed by atoms with Crippen molar-refractivity contribution in [1.82, 2.24) is 0 Å². The van der Waals surface area contributed by atoms with E-state index >= 15 is 0 Å². The topological polar surface area (TPSA) is 26.0 Å². The van der Waals surface area contributed by atoms with Crippen molar-refractivity contribution < 1.29 is 0 Å². The molecule has 0 bridgehead atoms. The summed E-state index contributed by atoms with van der Waals surface area (Å²) in [6.45, 7) is 7.21. The van der Waals surface area contributed by atoms with Crippen LogP contribution in [0.4, 0.5) is 0 Å². The molecule has 0 aromatic rings. The second kappa shape index (κ2) is 5.08. The van der Waals surface area contributed by atoms with E-state index in [4.69, 9.17) is 5.73 Å². The predicted octanol–water partition coefficient (Wildman–Crippen LogP) is 3.82. The van der Waals surface area contributed by atoms with Crippen LogP contribution in [0.1, 0.15) is 59.3 Å². The predicted molar refractivity (Wildman–Crippen MR) is 70.1 cm³/mol. The molecule has 0 heterocycles. The van der Waals surface area contributed by atoms with Gasteiger partial charge in [-0.3, -0.25) is 0 Å². The third-order valence-electron chi connectivity index (χ3n) is 5.46. The maximum Gasteiger partial charge on any atom is 0.00958 e. The van der Waals surface area contributed by atoms with Crippen molar-refractivity contribution in [2.45, 2.75) is 65.3 Å². The minimum atomic E-state index is 0.500. The highest BCUT2D eigenvalue weighted by Crippen LogP contribution is 2.40. The first-order valence-electron chi connectivity index (χ1n) is 7.33. The van der Waals surface area contributed by atoms with Gasteiger partial charge in [-0.2, -0.15) is 0 Å². The minimum absolute atomic E-state index is 0.500. The van der Waals surface area contributed by atoms with Gasteiger partial charge in [-0.1, -0.05) is 33.6 Å². The third-order valence-corrected chi connectivity index (χ3v) is 5.46. The summed E-state index contributed by atoms with van der Waals surface area (Å²) in [5.74, 6) is 4.40. The summed E-state index contributed by atoms with van der Waals surface area (Å²) in [5, 5.41) is 0. The van der Waals surface area contributed by atoms with E-state index in [-0.39, 0.29) is 0 Å². The lowest BCUT2D eigenvalue weighted by molar-refractivity contribution is 0.160.